The first-order valence-electron chi connectivity index (χ1n) is 9.51. The molecule has 2 aromatic rings. The summed E-state index contributed by atoms with van der Waals surface area (Å²) in [5.74, 6) is 0.282. The molecule has 1 heterocycles. The van der Waals surface area contributed by atoms with Gasteiger partial charge in [0.05, 0.1) is 6.61 Å². The Hall–Kier alpha value is -3.35. The molecule has 0 N–H and O–H groups in total. The molecular formula is C22H23NO6. The van der Waals surface area contributed by atoms with E-state index in [0.717, 1.165) is 6.42 Å². The Morgan fingerprint density at radius 3 is 2.38 bits per heavy atom. The Morgan fingerprint density at radius 2 is 1.72 bits per heavy atom. The molecule has 3 rings (SSSR count). The van der Waals surface area contributed by atoms with Gasteiger partial charge in [0.25, 0.3) is 0 Å². The van der Waals surface area contributed by atoms with Gasteiger partial charge in [-0.25, -0.2) is 4.79 Å². The molecule has 7 heteroatoms. The summed E-state index contributed by atoms with van der Waals surface area (Å²) in [6, 6.07) is 13.6. The van der Waals surface area contributed by atoms with Crippen LogP contribution in [0, 0.1) is 0 Å². The van der Waals surface area contributed by atoms with Gasteiger partial charge in [0.1, 0.15) is 11.5 Å². The molecule has 1 aliphatic heterocycles. The summed E-state index contributed by atoms with van der Waals surface area (Å²) in [6.45, 7) is 2.42. The number of carbonyl (C=O) groups is 3. The zero-order chi connectivity index (χ0) is 20.6. The molecule has 0 atom stereocenters. The molecule has 0 aromatic heterocycles. The van der Waals surface area contributed by atoms with E-state index in [0.29, 0.717) is 42.3 Å². The van der Waals surface area contributed by atoms with Crippen molar-refractivity contribution in [3.8, 4) is 11.5 Å². The number of hydrogen-bond acceptors (Lipinski definition) is 6. The van der Waals surface area contributed by atoms with Gasteiger partial charge in [-0.15, -0.1) is 0 Å². The second-order valence-electron chi connectivity index (χ2n) is 6.48. The Morgan fingerprint density at radius 1 is 1.00 bits per heavy atom. The first-order chi connectivity index (χ1) is 14.1. The third kappa shape index (κ3) is 5.57. The van der Waals surface area contributed by atoms with Crippen LogP contribution in [0.5, 0.6) is 11.5 Å². The summed E-state index contributed by atoms with van der Waals surface area (Å²) in [5, 5.41) is 0. The zero-order valence-electron chi connectivity index (χ0n) is 16.3. The largest absolute Gasteiger partial charge is 0.494 e. The summed E-state index contributed by atoms with van der Waals surface area (Å²) in [5.41, 5.74) is 1.07. The number of ether oxygens (including phenoxy) is 3. The molecule has 0 bridgehead atoms. The first kappa shape index (κ1) is 20.4. The van der Waals surface area contributed by atoms with Crippen molar-refractivity contribution >= 4 is 23.3 Å². The van der Waals surface area contributed by atoms with Gasteiger partial charge in [-0.05, 0) is 49.7 Å². The highest BCUT2D eigenvalue weighted by molar-refractivity contribution is 6.01. The lowest BCUT2D eigenvalue weighted by atomic mass is 10.1. The number of nitrogens with zero attached hydrogens (tertiary/aromatic N) is 1. The van der Waals surface area contributed by atoms with Crippen LogP contribution in [0.1, 0.15) is 30.1 Å². The van der Waals surface area contributed by atoms with E-state index in [1.54, 1.807) is 53.4 Å². The molecule has 152 valence electrons. The number of amides is 1. The Bertz CT molecular complexity index is 877. The Labute approximate surface area is 169 Å². The highest BCUT2D eigenvalue weighted by Crippen LogP contribution is 2.22. The van der Waals surface area contributed by atoms with E-state index in [-0.39, 0.29) is 24.9 Å². The average molecular weight is 397 g/mol. The molecule has 2 aromatic carbocycles. The molecule has 0 radical (unpaired) electrons. The van der Waals surface area contributed by atoms with Gasteiger partial charge >= 0.3 is 5.97 Å². The molecule has 0 spiro atoms. The maximum atomic E-state index is 12.3. The van der Waals surface area contributed by atoms with Crippen molar-refractivity contribution in [2.24, 2.45) is 0 Å². The Balaban J connectivity index is 1.47. The highest BCUT2D eigenvalue weighted by Gasteiger charge is 2.22. The summed E-state index contributed by atoms with van der Waals surface area (Å²) in [6.07, 6.45) is 1.33. The quantitative estimate of drug-likeness (QED) is 0.478. The van der Waals surface area contributed by atoms with Crippen molar-refractivity contribution in [2.45, 2.75) is 19.8 Å². The van der Waals surface area contributed by atoms with Crippen LogP contribution in [0.25, 0.3) is 0 Å². The summed E-state index contributed by atoms with van der Waals surface area (Å²) in [7, 11) is 0. The Kier molecular flexibility index (Phi) is 6.84. The van der Waals surface area contributed by atoms with Gasteiger partial charge in [-0.1, -0.05) is 12.1 Å². The van der Waals surface area contributed by atoms with E-state index >= 15 is 0 Å². The van der Waals surface area contributed by atoms with Crippen molar-refractivity contribution in [3.63, 3.8) is 0 Å². The van der Waals surface area contributed by atoms with Crippen molar-refractivity contribution < 1.29 is 28.6 Å². The second-order valence-corrected chi connectivity index (χ2v) is 6.48. The number of hydrogen-bond donors (Lipinski definition) is 0. The molecule has 1 aliphatic rings. The third-order valence-corrected chi connectivity index (χ3v) is 4.41. The molecule has 0 saturated carbocycles. The fraction of sp³-hybridized carbons (Fsp3) is 0.318. The van der Waals surface area contributed by atoms with Gasteiger partial charge < -0.3 is 19.1 Å². The van der Waals surface area contributed by atoms with Crippen LogP contribution in [0.4, 0.5) is 5.69 Å². The van der Waals surface area contributed by atoms with Crippen LogP contribution in [0.2, 0.25) is 0 Å². The van der Waals surface area contributed by atoms with Crippen molar-refractivity contribution in [3.05, 3.63) is 54.1 Å². The maximum Gasteiger partial charge on any atom is 0.344 e. The van der Waals surface area contributed by atoms with Gasteiger partial charge in [-0.3, -0.25) is 9.59 Å². The minimum absolute atomic E-state index is 0.0486. The van der Waals surface area contributed by atoms with Crippen LogP contribution in [0.15, 0.2) is 48.5 Å². The minimum atomic E-state index is -0.641. The van der Waals surface area contributed by atoms with E-state index in [2.05, 4.69) is 0 Å². The maximum absolute atomic E-state index is 12.3. The molecule has 29 heavy (non-hydrogen) atoms. The topological polar surface area (TPSA) is 82.1 Å². The van der Waals surface area contributed by atoms with Gasteiger partial charge in [0.15, 0.2) is 19.0 Å². The number of carbonyl (C=O) groups excluding carboxylic acids is 3. The van der Waals surface area contributed by atoms with Gasteiger partial charge in [-0.2, -0.15) is 0 Å². The molecule has 7 nitrogen and oxygen atoms in total. The second kappa shape index (κ2) is 9.73. The standard InChI is InChI=1S/C22H23NO6/c1-2-27-18-8-10-19(11-9-18)28-15-22(26)29-14-20(24)16-5-3-6-17(13-16)23-12-4-7-21(23)25/h3,5-6,8-11,13H,2,4,7,12,14-15H2,1H3. The van der Waals surface area contributed by atoms with E-state index in [1.807, 2.05) is 6.92 Å². The fourth-order valence-corrected chi connectivity index (χ4v) is 2.98. The van der Waals surface area contributed by atoms with E-state index < -0.39 is 5.97 Å². The van der Waals surface area contributed by atoms with Crippen LogP contribution < -0.4 is 14.4 Å². The number of rotatable bonds is 9. The van der Waals surface area contributed by atoms with Crippen LogP contribution in [-0.4, -0.2) is 44.0 Å². The summed E-state index contributed by atoms with van der Waals surface area (Å²) < 4.78 is 15.7. The molecule has 1 saturated heterocycles. The lowest BCUT2D eigenvalue weighted by molar-refractivity contribution is -0.144. The number of Topliss-reactive ketones (excluding diaryl/α,β-unsaturated/α-hetero) is 1. The molecule has 0 aliphatic carbocycles. The van der Waals surface area contributed by atoms with E-state index in [1.165, 1.54) is 0 Å². The predicted octanol–water partition coefficient (Wildman–Crippen LogP) is 3.02. The lowest BCUT2D eigenvalue weighted by Crippen LogP contribution is -2.24. The molecular weight excluding hydrogens is 374 g/mol. The first-order valence-corrected chi connectivity index (χ1v) is 9.51. The zero-order valence-corrected chi connectivity index (χ0v) is 16.3. The molecule has 1 fully saturated rings. The smallest absolute Gasteiger partial charge is 0.344 e. The van der Waals surface area contributed by atoms with Crippen molar-refractivity contribution in [1.82, 2.24) is 0 Å². The number of esters is 1. The van der Waals surface area contributed by atoms with Crippen molar-refractivity contribution in [1.29, 1.82) is 0 Å². The number of anilines is 1. The SMILES string of the molecule is CCOc1ccc(OCC(=O)OCC(=O)c2cccc(N3CCCC3=O)c2)cc1. The summed E-state index contributed by atoms with van der Waals surface area (Å²) in [4.78, 5) is 37.7. The van der Waals surface area contributed by atoms with Crippen molar-refractivity contribution in [2.75, 3.05) is 31.3 Å². The highest BCUT2D eigenvalue weighted by atomic mass is 16.6. The predicted molar refractivity (Wildman–Crippen MR) is 106 cm³/mol. The molecule has 1 amide bonds. The molecule has 0 unspecified atom stereocenters. The minimum Gasteiger partial charge on any atom is -0.494 e. The van der Waals surface area contributed by atoms with Crippen LogP contribution in [-0.2, 0) is 14.3 Å². The fourth-order valence-electron chi connectivity index (χ4n) is 2.98. The van der Waals surface area contributed by atoms with Crippen LogP contribution >= 0.6 is 0 Å². The number of ketones is 1. The van der Waals surface area contributed by atoms with E-state index in [9.17, 15) is 14.4 Å². The third-order valence-electron chi connectivity index (χ3n) is 4.41. The van der Waals surface area contributed by atoms with Gasteiger partial charge in [0.2, 0.25) is 5.91 Å². The van der Waals surface area contributed by atoms with Gasteiger partial charge in [0, 0.05) is 24.2 Å². The lowest BCUT2D eigenvalue weighted by Gasteiger charge is -2.16. The summed E-state index contributed by atoms with van der Waals surface area (Å²) >= 11 is 0. The average Bonchev–Trinajstić information content (AvgIpc) is 3.17. The van der Waals surface area contributed by atoms with Crippen LogP contribution in [0.3, 0.4) is 0 Å². The number of benzene rings is 2. The van der Waals surface area contributed by atoms with E-state index in [4.69, 9.17) is 14.2 Å². The monoisotopic (exact) mass is 397 g/mol. The normalized spacial score (nSPS) is 13.3.